The molecule has 1 aliphatic rings. The second-order valence-corrected chi connectivity index (χ2v) is 4.12. The van der Waals surface area contributed by atoms with E-state index in [2.05, 4.69) is 0 Å². The second kappa shape index (κ2) is 7.33. The average molecular weight is 284 g/mol. The molecule has 1 aromatic carbocycles. The van der Waals surface area contributed by atoms with Gasteiger partial charge in [-0.25, -0.2) is 0 Å². The van der Waals surface area contributed by atoms with E-state index < -0.39 is 6.29 Å². The number of aliphatic hydroxyl groups is 1. The maximum Gasteiger partial charge on any atom is 0.231 e. The smallest absolute Gasteiger partial charge is 0.231 e. The molecule has 20 heavy (non-hydrogen) atoms. The quantitative estimate of drug-likeness (QED) is 0.733. The lowest BCUT2D eigenvalue weighted by molar-refractivity contribution is -0.152. The van der Waals surface area contributed by atoms with Crippen molar-refractivity contribution in [2.75, 3.05) is 26.6 Å². The molecule has 6 heteroatoms. The molecule has 1 N–H and O–H groups in total. The molecule has 0 radical (unpaired) electrons. The molecule has 112 valence electrons. The van der Waals surface area contributed by atoms with Gasteiger partial charge >= 0.3 is 0 Å². The number of fused-ring (bicyclic) bond motifs is 1. The lowest BCUT2D eigenvalue weighted by atomic mass is 10.2. The van der Waals surface area contributed by atoms with Crippen LogP contribution in [0.25, 0.3) is 0 Å². The van der Waals surface area contributed by atoms with Gasteiger partial charge in [-0.3, -0.25) is 0 Å². The Bertz CT molecular complexity index is 428. The number of ether oxygens (including phenoxy) is 5. The van der Waals surface area contributed by atoms with E-state index in [1.54, 1.807) is 12.1 Å². The van der Waals surface area contributed by atoms with E-state index in [1.807, 2.05) is 13.8 Å². The zero-order valence-electron chi connectivity index (χ0n) is 11.8. The van der Waals surface area contributed by atoms with Gasteiger partial charge in [0.2, 0.25) is 6.79 Å². The summed E-state index contributed by atoms with van der Waals surface area (Å²) >= 11 is 0. The van der Waals surface area contributed by atoms with Gasteiger partial charge in [0.05, 0.1) is 6.61 Å². The van der Waals surface area contributed by atoms with E-state index >= 15 is 0 Å². The average Bonchev–Trinajstić information content (AvgIpc) is 2.91. The molecule has 0 atom stereocenters. The van der Waals surface area contributed by atoms with Gasteiger partial charge in [-0.1, -0.05) is 0 Å². The van der Waals surface area contributed by atoms with Crippen LogP contribution in [0.5, 0.6) is 17.2 Å². The highest BCUT2D eigenvalue weighted by molar-refractivity contribution is 5.51. The van der Waals surface area contributed by atoms with Crippen LogP contribution >= 0.6 is 0 Å². The lowest BCUT2D eigenvalue weighted by Gasteiger charge is -2.18. The first-order valence-corrected chi connectivity index (χ1v) is 6.67. The number of benzene rings is 1. The zero-order valence-corrected chi connectivity index (χ0v) is 11.8. The molecule has 0 saturated carbocycles. The Morgan fingerprint density at radius 1 is 1.15 bits per heavy atom. The van der Waals surface area contributed by atoms with Crippen molar-refractivity contribution in [3.8, 4) is 17.2 Å². The van der Waals surface area contributed by atoms with Gasteiger partial charge in [-0.15, -0.1) is 0 Å². The Balaban J connectivity index is 2.04. The minimum Gasteiger partial charge on any atom is -0.488 e. The summed E-state index contributed by atoms with van der Waals surface area (Å²) in [5.41, 5.74) is 0.640. The van der Waals surface area contributed by atoms with Gasteiger partial charge in [0, 0.05) is 24.8 Å². The van der Waals surface area contributed by atoms with E-state index in [0.717, 1.165) is 0 Å². The minimum atomic E-state index is -0.429. The molecule has 2 rings (SSSR count). The third-order valence-electron chi connectivity index (χ3n) is 2.81. The zero-order chi connectivity index (χ0) is 14.4. The van der Waals surface area contributed by atoms with Crippen LogP contribution in [-0.2, 0) is 16.1 Å². The van der Waals surface area contributed by atoms with Gasteiger partial charge < -0.3 is 28.8 Å². The van der Waals surface area contributed by atoms with Crippen LogP contribution in [0.1, 0.15) is 19.4 Å². The molecule has 1 heterocycles. The summed E-state index contributed by atoms with van der Waals surface area (Å²) in [5, 5.41) is 9.38. The number of hydrogen-bond donors (Lipinski definition) is 1. The normalized spacial score (nSPS) is 13.0. The fourth-order valence-corrected chi connectivity index (χ4v) is 1.90. The van der Waals surface area contributed by atoms with Crippen molar-refractivity contribution >= 4 is 0 Å². The van der Waals surface area contributed by atoms with Crippen molar-refractivity contribution in [3.05, 3.63) is 17.7 Å². The molecule has 0 amide bonds. The summed E-state index contributed by atoms with van der Waals surface area (Å²) in [6.45, 7) is 5.17. The van der Waals surface area contributed by atoms with Crippen molar-refractivity contribution in [1.29, 1.82) is 0 Å². The van der Waals surface area contributed by atoms with Crippen LogP contribution in [0.2, 0.25) is 0 Å². The Morgan fingerprint density at radius 2 is 1.80 bits per heavy atom. The molecule has 1 aliphatic heterocycles. The van der Waals surface area contributed by atoms with Crippen LogP contribution in [0, 0.1) is 0 Å². The predicted molar refractivity (Wildman–Crippen MR) is 71.0 cm³/mol. The topological polar surface area (TPSA) is 66.4 Å². The van der Waals surface area contributed by atoms with Crippen LogP contribution < -0.4 is 14.2 Å². The minimum absolute atomic E-state index is 0.139. The first-order chi connectivity index (χ1) is 9.78. The summed E-state index contributed by atoms with van der Waals surface area (Å²) in [7, 11) is 0. The molecule has 1 aromatic rings. The fourth-order valence-electron chi connectivity index (χ4n) is 1.90. The summed E-state index contributed by atoms with van der Waals surface area (Å²) in [4.78, 5) is 0. The SMILES string of the molecule is CCOC(COc1cc2c(cc1CO)OCO2)OCC. The highest BCUT2D eigenvalue weighted by atomic mass is 16.7. The molecule has 0 spiro atoms. The van der Waals surface area contributed by atoms with Gasteiger partial charge in [-0.05, 0) is 19.9 Å². The summed E-state index contributed by atoms with van der Waals surface area (Å²) in [5.74, 6) is 1.77. The molecule has 0 fully saturated rings. The summed E-state index contributed by atoms with van der Waals surface area (Å²) in [6.07, 6.45) is -0.429. The van der Waals surface area contributed by atoms with Crippen LogP contribution in [0.15, 0.2) is 12.1 Å². The molecule has 0 saturated heterocycles. The predicted octanol–water partition coefficient (Wildman–Crippen LogP) is 1.69. The van der Waals surface area contributed by atoms with Crippen molar-refractivity contribution in [3.63, 3.8) is 0 Å². The molecule has 0 aliphatic carbocycles. The first-order valence-electron chi connectivity index (χ1n) is 6.67. The van der Waals surface area contributed by atoms with Gasteiger partial charge in [0.1, 0.15) is 12.4 Å². The number of rotatable bonds is 8. The van der Waals surface area contributed by atoms with Crippen LogP contribution in [-0.4, -0.2) is 38.0 Å². The first kappa shape index (κ1) is 14.9. The third-order valence-corrected chi connectivity index (χ3v) is 2.81. The highest BCUT2D eigenvalue weighted by Crippen LogP contribution is 2.38. The Hall–Kier alpha value is -1.50. The van der Waals surface area contributed by atoms with E-state index in [-0.39, 0.29) is 20.0 Å². The van der Waals surface area contributed by atoms with Gasteiger partial charge in [0.25, 0.3) is 0 Å². The Kier molecular flexibility index (Phi) is 5.46. The van der Waals surface area contributed by atoms with E-state index in [1.165, 1.54) is 0 Å². The maximum absolute atomic E-state index is 9.38. The van der Waals surface area contributed by atoms with E-state index in [9.17, 15) is 5.11 Å². The molecular formula is C14H20O6. The third kappa shape index (κ3) is 3.53. The maximum atomic E-state index is 9.38. The van der Waals surface area contributed by atoms with Gasteiger partial charge in [0.15, 0.2) is 17.8 Å². The number of aliphatic hydroxyl groups excluding tert-OH is 1. The molecule has 6 nitrogen and oxygen atoms in total. The van der Waals surface area contributed by atoms with Crippen LogP contribution in [0.3, 0.4) is 0 Å². The molecule has 0 bridgehead atoms. The monoisotopic (exact) mass is 284 g/mol. The van der Waals surface area contributed by atoms with E-state index in [4.69, 9.17) is 23.7 Å². The largest absolute Gasteiger partial charge is 0.488 e. The molecule has 0 aromatic heterocycles. The second-order valence-electron chi connectivity index (χ2n) is 4.12. The molecule has 0 unspecified atom stereocenters. The van der Waals surface area contributed by atoms with E-state index in [0.29, 0.717) is 36.0 Å². The Labute approximate surface area is 118 Å². The van der Waals surface area contributed by atoms with Crippen molar-refractivity contribution < 1.29 is 28.8 Å². The summed E-state index contributed by atoms with van der Waals surface area (Å²) in [6, 6.07) is 3.43. The van der Waals surface area contributed by atoms with Crippen LogP contribution in [0.4, 0.5) is 0 Å². The molecular weight excluding hydrogens is 264 g/mol. The highest BCUT2D eigenvalue weighted by Gasteiger charge is 2.19. The number of hydrogen-bond acceptors (Lipinski definition) is 6. The van der Waals surface area contributed by atoms with Crippen molar-refractivity contribution in [2.24, 2.45) is 0 Å². The van der Waals surface area contributed by atoms with Crippen molar-refractivity contribution in [2.45, 2.75) is 26.7 Å². The Morgan fingerprint density at radius 3 is 2.40 bits per heavy atom. The van der Waals surface area contributed by atoms with Crippen molar-refractivity contribution in [1.82, 2.24) is 0 Å². The fraction of sp³-hybridized carbons (Fsp3) is 0.571. The standard InChI is InChI=1S/C14H20O6/c1-3-16-14(17-4-2)8-18-11-6-13-12(19-9-20-13)5-10(11)7-15/h5-6,14-15H,3-4,7-9H2,1-2H3. The van der Waals surface area contributed by atoms with Gasteiger partial charge in [-0.2, -0.15) is 0 Å². The summed E-state index contributed by atoms with van der Waals surface area (Å²) < 4.78 is 27.0. The lowest BCUT2D eigenvalue weighted by Crippen LogP contribution is -2.25.